The van der Waals surface area contributed by atoms with Crippen LogP contribution in [0.4, 0.5) is 5.82 Å². The first-order valence-corrected chi connectivity index (χ1v) is 8.21. The van der Waals surface area contributed by atoms with Gasteiger partial charge in [-0.25, -0.2) is 9.97 Å². The lowest BCUT2D eigenvalue weighted by molar-refractivity contribution is -0.125. The second-order valence-electron chi connectivity index (χ2n) is 6.05. The Balaban J connectivity index is 1.54. The highest BCUT2D eigenvalue weighted by atomic mass is 32.1. The van der Waals surface area contributed by atoms with Gasteiger partial charge in [-0.05, 0) is 32.3 Å². The summed E-state index contributed by atoms with van der Waals surface area (Å²) >= 11 is 1.71. The van der Waals surface area contributed by atoms with Crippen molar-refractivity contribution in [3.05, 3.63) is 16.8 Å². The van der Waals surface area contributed by atoms with Gasteiger partial charge in [0.05, 0.1) is 11.3 Å². The minimum Gasteiger partial charge on any atom is -0.354 e. The number of fused-ring (bicyclic) bond motifs is 1. The van der Waals surface area contributed by atoms with Crippen LogP contribution in [0.5, 0.6) is 0 Å². The molecule has 1 aliphatic carbocycles. The lowest BCUT2D eigenvalue weighted by Crippen LogP contribution is -2.54. The fourth-order valence-electron chi connectivity index (χ4n) is 2.77. The largest absolute Gasteiger partial charge is 0.354 e. The Labute approximate surface area is 127 Å². The van der Waals surface area contributed by atoms with Crippen molar-refractivity contribution >= 4 is 33.3 Å². The lowest BCUT2D eigenvalue weighted by Gasteiger charge is -2.39. The van der Waals surface area contributed by atoms with Crippen molar-refractivity contribution in [1.29, 1.82) is 0 Å². The van der Waals surface area contributed by atoms with E-state index >= 15 is 0 Å². The standard InChI is InChI=1S/C15H18N4OS/c1-8-9(2)21-15-12(8)13(16-7-17-15)19-5-10(6-19)14(20)18-11-3-4-11/h7,10-11H,3-6H2,1-2H3,(H,18,20). The monoisotopic (exact) mass is 302 g/mol. The van der Waals surface area contributed by atoms with E-state index in [2.05, 4.69) is 34.0 Å². The SMILES string of the molecule is Cc1sc2ncnc(N3CC(C(=O)NC4CC4)C3)c2c1C. The van der Waals surface area contributed by atoms with E-state index in [1.807, 2.05) is 0 Å². The summed E-state index contributed by atoms with van der Waals surface area (Å²) in [6, 6.07) is 0.444. The molecule has 0 bridgehead atoms. The zero-order valence-corrected chi connectivity index (χ0v) is 13.0. The molecule has 1 amide bonds. The number of nitrogens with zero attached hydrogens (tertiary/aromatic N) is 3. The van der Waals surface area contributed by atoms with Crippen LogP contribution in [0.2, 0.25) is 0 Å². The van der Waals surface area contributed by atoms with E-state index in [9.17, 15) is 4.79 Å². The summed E-state index contributed by atoms with van der Waals surface area (Å²) in [5.41, 5.74) is 1.26. The molecule has 0 spiro atoms. The number of hydrogen-bond acceptors (Lipinski definition) is 5. The normalized spacial score (nSPS) is 18.9. The van der Waals surface area contributed by atoms with Gasteiger partial charge in [-0.1, -0.05) is 0 Å². The molecule has 21 heavy (non-hydrogen) atoms. The molecule has 2 aromatic rings. The van der Waals surface area contributed by atoms with Crippen LogP contribution in [0.15, 0.2) is 6.33 Å². The fraction of sp³-hybridized carbons (Fsp3) is 0.533. The quantitative estimate of drug-likeness (QED) is 0.942. The number of carbonyl (C=O) groups is 1. The number of nitrogens with one attached hydrogen (secondary N) is 1. The van der Waals surface area contributed by atoms with E-state index < -0.39 is 0 Å². The summed E-state index contributed by atoms with van der Waals surface area (Å²) < 4.78 is 0. The van der Waals surface area contributed by atoms with E-state index in [1.165, 1.54) is 10.4 Å². The Hall–Kier alpha value is -1.69. The maximum Gasteiger partial charge on any atom is 0.226 e. The maximum atomic E-state index is 12.0. The topological polar surface area (TPSA) is 58.1 Å². The Morgan fingerprint density at radius 1 is 1.33 bits per heavy atom. The van der Waals surface area contributed by atoms with Crippen LogP contribution in [0.25, 0.3) is 10.2 Å². The van der Waals surface area contributed by atoms with Gasteiger partial charge < -0.3 is 10.2 Å². The first kappa shape index (κ1) is 13.0. The third-order valence-electron chi connectivity index (χ3n) is 4.42. The van der Waals surface area contributed by atoms with Crippen molar-refractivity contribution in [3.8, 4) is 0 Å². The van der Waals surface area contributed by atoms with Gasteiger partial charge in [-0.3, -0.25) is 4.79 Å². The Morgan fingerprint density at radius 3 is 2.81 bits per heavy atom. The molecule has 2 fully saturated rings. The molecule has 1 saturated carbocycles. The van der Waals surface area contributed by atoms with Crippen LogP contribution in [0.3, 0.4) is 0 Å². The molecule has 5 nitrogen and oxygen atoms in total. The van der Waals surface area contributed by atoms with Crippen LogP contribution in [-0.2, 0) is 4.79 Å². The van der Waals surface area contributed by atoms with E-state index in [0.717, 1.165) is 42.0 Å². The Morgan fingerprint density at radius 2 is 2.10 bits per heavy atom. The molecule has 4 rings (SSSR count). The molecule has 0 atom stereocenters. The number of thiophene rings is 1. The van der Waals surface area contributed by atoms with E-state index in [-0.39, 0.29) is 11.8 Å². The summed E-state index contributed by atoms with van der Waals surface area (Å²) in [6.07, 6.45) is 3.91. The molecule has 6 heteroatoms. The summed E-state index contributed by atoms with van der Waals surface area (Å²) in [6.45, 7) is 5.77. The van der Waals surface area contributed by atoms with Crippen molar-refractivity contribution in [2.24, 2.45) is 5.92 Å². The molecule has 2 aliphatic rings. The second-order valence-corrected chi connectivity index (χ2v) is 7.25. The predicted octanol–water partition coefficient (Wildman–Crippen LogP) is 2.02. The molecule has 1 aliphatic heterocycles. The third kappa shape index (κ3) is 2.18. The minimum atomic E-state index is 0.107. The molecular formula is C15H18N4OS. The zero-order valence-electron chi connectivity index (χ0n) is 12.2. The van der Waals surface area contributed by atoms with Gasteiger partial charge in [0.25, 0.3) is 0 Å². The van der Waals surface area contributed by atoms with E-state index in [4.69, 9.17) is 0 Å². The summed E-state index contributed by atoms with van der Waals surface area (Å²) in [5.74, 6) is 1.30. The van der Waals surface area contributed by atoms with Gasteiger partial charge in [-0.15, -0.1) is 11.3 Å². The number of hydrogen-bond donors (Lipinski definition) is 1. The molecule has 110 valence electrons. The molecular weight excluding hydrogens is 284 g/mol. The molecule has 0 aromatic carbocycles. The number of carbonyl (C=O) groups excluding carboxylic acids is 1. The Bertz CT molecular complexity index is 716. The smallest absolute Gasteiger partial charge is 0.226 e. The van der Waals surface area contributed by atoms with Gasteiger partial charge in [0.1, 0.15) is 17.0 Å². The van der Waals surface area contributed by atoms with Gasteiger partial charge in [0.2, 0.25) is 5.91 Å². The molecule has 2 aromatic heterocycles. The number of aryl methyl sites for hydroxylation is 2. The molecule has 1 saturated heterocycles. The van der Waals surface area contributed by atoms with Crippen molar-refractivity contribution < 1.29 is 4.79 Å². The third-order valence-corrected chi connectivity index (χ3v) is 5.54. The van der Waals surface area contributed by atoms with Crippen molar-refractivity contribution in [1.82, 2.24) is 15.3 Å². The van der Waals surface area contributed by atoms with Gasteiger partial charge in [0, 0.05) is 24.0 Å². The van der Waals surface area contributed by atoms with Crippen molar-refractivity contribution in [3.63, 3.8) is 0 Å². The van der Waals surface area contributed by atoms with Crippen molar-refractivity contribution in [2.45, 2.75) is 32.7 Å². The highest BCUT2D eigenvalue weighted by Gasteiger charge is 2.37. The number of aromatic nitrogens is 2. The van der Waals surface area contributed by atoms with Crippen LogP contribution in [0, 0.1) is 19.8 Å². The summed E-state index contributed by atoms with van der Waals surface area (Å²) in [7, 11) is 0. The average molecular weight is 302 g/mol. The van der Waals surface area contributed by atoms with E-state index in [1.54, 1.807) is 17.7 Å². The van der Waals surface area contributed by atoms with Crippen LogP contribution in [-0.4, -0.2) is 35.0 Å². The first-order valence-electron chi connectivity index (χ1n) is 7.39. The lowest BCUT2D eigenvalue weighted by atomic mass is 9.98. The van der Waals surface area contributed by atoms with E-state index in [0.29, 0.717) is 6.04 Å². The Kier molecular flexibility index (Phi) is 2.89. The number of anilines is 1. The average Bonchev–Trinajstić information content (AvgIpc) is 3.15. The second kappa shape index (κ2) is 4.66. The van der Waals surface area contributed by atoms with Crippen LogP contribution < -0.4 is 10.2 Å². The summed E-state index contributed by atoms with van der Waals surface area (Å²) in [5, 5.41) is 4.24. The maximum absolute atomic E-state index is 12.0. The van der Waals surface area contributed by atoms with Gasteiger partial charge in [-0.2, -0.15) is 0 Å². The zero-order chi connectivity index (χ0) is 14.6. The number of rotatable bonds is 3. The highest BCUT2D eigenvalue weighted by Crippen LogP contribution is 2.36. The predicted molar refractivity (Wildman–Crippen MR) is 83.8 cm³/mol. The fourth-order valence-corrected chi connectivity index (χ4v) is 3.76. The molecule has 1 N–H and O–H groups in total. The molecule has 0 radical (unpaired) electrons. The minimum absolute atomic E-state index is 0.107. The van der Waals surface area contributed by atoms with Gasteiger partial charge in [0.15, 0.2) is 0 Å². The highest BCUT2D eigenvalue weighted by molar-refractivity contribution is 7.18. The van der Waals surface area contributed by atoms with Crippen molar-refractivity contribution in [2.75, 3.05) is 18.0 Å². The van der Waals surface area contributed by atoms with Crippen LogP contribution in [0.1, 0.15) is 23.3 Å². The molecule has 0 unspecified atom stereocenters. The first-order chi connectivity index (χ1) is 10.1. The number of amides is 1. The molecule has 3 heterocycles. The summed E-state index contributed by atoms with van der Waals surface area (Å²) in [4.78, 5) is 25.4. The van der Waals surface area contributed by atoms with Gasteiger partial charge >= 0.3 is 0 Å². The van der Waals surface area contributed by atoms with Crippen LogP contribution >= 0.6 is 11.3 Å².